The van der Waals surface area contributed by atoms with E-state index in [1.54, 1.807) is 28.1 Å². The Morgan fingerprint density at radius 3 is 2.78 bits per heavy atom. The topological polar surface area (TPSA) is 84.8 Å². The monoisotopic (exact) mass is 324 g/mol. The summed E-state index contributed by atoms with van der Waals surface area (Å²) < 4.78 is 0. The lowest BCUT2D eigenvalue weighted by molar-refractivity contribution is -0.114. The van der Waals surface area contributed by atoms with E-state index in [2.05, 4.69) is 15.6 Å². The van der Waals surface area contributed by atoms with Crippen LogP contribution in [0.15, 0.2) is 34.1 Å². The first-order chi connectivity index (χ1) is 11.0. The minimum absolute atomic E-state index is 0.0457. The van der Waals surface area contributed by atoms with Crippen LogP contribution in [0.4, 0.5) is 0 Å². The average Bonchev–Trinajstić information content (AvgIpc) is 2.58. The maximum atomic E-state index is 12.0. The summed E-state index contributed by atoms with van der Waals surface area (Å²) >= 11 is 0. The van der Waals surface area contributed by atoms with Crippen molar-refractivity contribution in [2.45, 2.75) is 13.3 Å². The summed E-state index contributed by atoms with van der Waals surface area (Å²) in [4.78, 5) is 27.2. The molecule has 0 bridgehead atoms. The van der Waals surface area contributed by atoms with E-state index in [9.17, 15) is 4.79 Å². The molecule has 0 aromatic rings. The number of hydrogen-bond donors (Lipinski definition) is 1. The van der Waals surface area contributed by atoms with E-state index in [1.165, 1.54) is 12.2 Å². The smallest absolute Gasteiger partial charge is 0.273 e. The van der Waals surface area contributed by atoms with Crippen molar-refractivity contribution >= 4 is 17.5 Å². The van der Waals surface area contributed by atoms with Crippen LogP contribution in [0.25, 0.3) is 0 Å². The van der Waals surface area contributed by atoms with Crippen LogP contribution in [0.5, 0.6) is 0 Å². The molecule has 8 heteroatoms. The first-order valence-corrected chi connectivity index (χ1v) is 7.19. The lowest BCUT2D eigenvalue weighted by Gasteiger charge is -2.21. The quantitative estimate of drug-likeness (QED) is 0.430. The van der Waals surface area contributed by atoms with Gasteiger partial charge in [0.2, 0.25) is 0 Å². The molecule has 1 aliphatic carbocycles. The van der Waals surface area contributed by atoms with Crippen molar-refractivity contribution in [3.63, 3.8) is 0 Å². The molecule has 0 saturated carbocycles. The van der Waals surface area contributed by atoms with Gasteiger partial charge in [0.25, 0.3) is 5.91 Å². The normalized spacial score (nSPS) is 18.3. The standard InChI is InChI=1S/C15H24N4O4/c1-11(19(3)22-5)17-23-10-12-8-6-7-9-13(12)14(18-21-4)15(20)16-2/h6-7,9,12H,8,10H2,1-5H3,(H,16,20)/b17-11+,18-14+. The number of amidine groups is 1. The van der Waals surface area contributed by atoms with Gasteiger partial charge in [0.05, 0.1) is 7.11 Å². The first-order valence-electron chi connectivity index (χ1n) is 7.19. The van der Waals surface area contributed by atoms with Crippen LogP contribution in [-0.4, -0.2) is 57.4 Å². The highest BCUT2D eigenvalue weighted by molar-refractivity contribution is 6.45. The average molecular weight is 324 g/mol. The third-order valence-corrected chi connectivity index (χ3v) is 3.37. The second kappa shape index (κ2) is 9.62. The van der Waals surface area contributed by atoms with E-state index in [0.29, 0.717) is 12.4 Å². The number of nitrogens with one attached hydrogen (secondary N) is 1. The molecule has 128 valence electrons. The molecule has 0 aromatic carbocycles. The molecule has 0 heterocycles. The molecule has 0 saturated heterocycles. The molecule has 23 heavy (non-hydrogen) atoms. The van der Waals surface area contributed by atoms with Crippen LogP contribution in [-0.2, 0) is 19.3 Å². The lowest BCUT2D eigenvalue weighted by atomic mass is 9.88. The number of oxime groups is 2. The van der Waals surface area contributed by atoms with Crippen LogP contribution in [0.3, 0.4) is 0 Å². The van der Waals surface area contributed by atoms with Crippen LogP contribution >= 0.6 is 0 Å². The molecule has 1 atom stereocenters. The number of amides is 1. The minimum atomic E-state index is -0.308. The van der Waals surface area contributed by atoms with Gasteiger partial charge in [-0.3, -0.25) is 9.63 Å². The summed E-state index contributed by atoms with van der Waals surface area (Å²) in [5, 5.41) is 11.9. The summed E-state index contributed by atoms with van der Waals surface area (Å²) in [5.74, 6) is 0.231. The molecular weight excluding hydrogens is 300 g/mol. The third-order valence-electron chi connectivity index (χ3n) is 3.37. The number of hydroxylamine groups is 2. The Morgan fingerprint density at radius 1 is 1.43 bits per heavy atom. The fourth-order valence-corrected chi connectivity index (χ4v) is 1.95. The second-order valence-electron chi connectivity index (χ2n) is 4.80. The van der Waals surface area contributed by atoms with Crippen molar-refractivity contribution in [2.75, 3.05) is 34.9 Å². The van der Waals surface area contributed by atoms with Crippen LogP contribution < -0.4 is 5.32 Å². The molecule has 1 unspecified atom stereocenters. The van der Waals surface area contributed by atoms with Crippen molar-refractivity contribution in [3.05, 3.63) is 23.8 Å². The minimum Gasteiger partial charge on any atom is -0.398 e. The Labute approximate surface area is 136 Å². The SMILES string of the molecule is CNC(=O)/C(=N/OC)C1=CC=CCC1CO/N=C(\C)N(C)OC. The zero-order valence-electron chi connectivity index (χ0n) is 14.2. The molecule has 0 fully saturated rings. The van der Waals surface area contributed by atoms with Crippen LogP contribution in [0.1, 0.15) is 13.3 Å². The number of carbonyl (C=O) groups is 1. The number of hydrogen-bond acceptors (Lipinski definition) is 6. The molecule has 0 radical (unpaired) electrons. The summed E-state index contributed by atoms with van der Waals surface area (Å²) in [6, 6.07) is 0. The van der Waals surface area contributed by atoms with Gasteiger partial charge in [-0.1, -0.05) is 28.5 Å². The van der Waals surface area contributed by atoms with Gasteiger partial charge < -0.3 is 15.0 Å². The summed E-state index contributed by atoms with van der Waals surface area (Å²) in [6.45, 7) is 2.08. The van der Waals surface area contributed by atoms with Gasteiger partial charge in [-0.25, -0.2) is 5.06 Å². The van der Waals surface area contributed by atoms with Crippen LogP contribution in [0, 0.1) is 5.92 Å². The van der Waals surface area contributed by atoms with E-state index in [-0.39, 0.29) is 17.5 Å². The van der Waals surface area contributed by atoms with E-state index >= 15 is 0 Å². The van der Waals surface area contributed by atoms with E-state index < -0.39 is 0 Å². The summed E-state index contributed by atoms with van der Waals surface area (Å²) in [7, 11) is 6.23. The van der Waals surface area contributed by atoms with Gasteiger partial charge >= 0.3 is 0 Å². The maximum absolute atomic E-state index is 12.0. The van der Waals surface area contributed by atoms with Crippen molar-refractivity contribution in [1.82, 2.24) is 10.4 Å². The molecule has 1 rings (SSSR count). The molecular formula is C15H24N4O4. The highest BCUT2D eigenvalue weighted by Crippen LogP contribution is 2.23. The Balaban J connectivity index is 2.82. The number of allylic oxidation sites excluding steroid dienone is 3. The van der Waals surface area contributed by atoms with Gasteiger partial charge in [0.1, 0.15) is 13.7 Å². The van der Waals surface area contributed by atoms with Gasteiger partial charge in [0, 0.05) is 20.0 Å². The zero-order chi connectivity index (χ0) is 17.2. The van der Waals surface area contributed by atoms with Crippen molar-refractivity contribution in [3.8, 4) is 0 Å². The van der Waals surface area contributed by atoms with Gasteiger partial charge in [0.15, 0.2) is 11.5 Å². The molecule has 1 aliphatic rings. The maximum Gasteiger partial charge on any atom is 0.273 e. The highest BCUT2D eigenvalue weighted by Gasteiger charge is 2.25. The molecule has 8 nitrogen and oxygen atoms in total. The van der Waals surface area contributed by atoms with Crippen molar-refractivity contribution in [2.24, 2.45) is 16.2 Å². The molecule has 1 N–H and O–H groups in total. The summed E-state index contributed by atoms with van der Waals surface area (Å²) in [5.41, 5.74) is 0.990. The fraction of sp³-hybridized carbons (Fsp3) is 0.533. The Hall–Kier alpha value is -2.35. The van der Waals surface area contributed by atoms with E-state index in [0.717, 1.165) is 12.0 Å². The van der Waals surface area contributed by atoms with E-state index in [4.69, 9.17) is 14.5 Å². The Bertz CT molecular complexity index is 526. The van der Waals surface area contributed by atoms with Gasteiger partial charge in [-0.15, -0.1) is 0 Å². The Morgan fingerprint density at radius 2 is 2.17 bits per heavy atom. The second-order valence-corrected chi connectivity index (χ2v) is 4.80. The number of carbonyl (C=O) groups excluding carboxylic acids is 1. The largest absolute Gasteiger partial charge is 0.398 e. The number of rotatable bonds is 7. The predicted molar refractivity (Wildman–Crippen MR) is 87.7 cm³/mol. The van der Waals surface area contributed by atoms with Crippen molar-refractivity contribution < 1.29 is 19.3 Å². The Kier molecular flexibility index (Phi) is 7.82. The lowest BCUT2D eigenvalue weighted by Crippen LogP contribution is -2.33. The first kappa shape index (κ1) is 18.7. The third kappa shape index (κ3) is 5.41. The highest BCUT2D eigenvalue weighted by atomic mass is 16.7. The molecule has 0 aliphatic heterocycles. The number of nitrogens with zero attached hydrogens (tertiary/aromatic N) is 3. The van der Waals surface area contributed by atoms with Gasteiger partial charge in [-0.2, -0.15) is 0 Å². The van der Waals surface area contributed by atoms with Gasteiger partial charge in [-0.05, 0) is 18.9 Å². The molecule has 0 aromatic heterocycles. The van der Waals surface area contributed by atoms with Crippen molar-refractivity contribution in [1.29, 1.82) is 0 Å². The zero-order valence-corrected chi connectivity index (χ0v) is 14.2. The van der Waals surface area contributed by atoms with E-state index in [1.807, 2.05) is 18.2 Å². The fourth-order valence-electron chi connectivity index (χ4n) is 1.95. The van der Waals surface area contributed by atoms with Crippen LogP contribution in [0.2, 0.25) is 0 Å². The predicted octanol–water partition coefficient (Wildman–Crippen LogP) is 1.08. The summed E-state index contributed by atoms with van der Waals surface area (Å²) in [6.07, 6.45) is 6.44. The molecule has 1 amide bonds. The molecule has 0 spiro atoms.